The molecule has 38 heavy (non-hydrogen) atoms. The number of alkyl halides is 3. The van der Waals surface area contributed by atoms with Crippen LogP contribution in [0.4, 0.5) is 13.2 Å². The maximum absolute atomic E-state index is 14.0. The molecule has 1 aliphatic carbocycles. The minimum absolute atomic E-state index is 0.0416. The van der Waals surface area contributed by atoms with Crippen molar-refractivity contribution < 1.29 is 27.5 Å². The van der Waals surface area contributed by atoms with Crippen LogP contribution in [0.2, 0.25) is 0 Å². The van der Waals surface area contributed by atoms with Crippen LogP contribution in [0.1, 0.15) is 57.4 Å². The first kappa shape index (κ1) is 28.7. The molecule has 2 N–H and O–H groups in total. The van der Waals surface area contributed by atoms with Crippen molar-refractivity contribution in [1.82, 2.24) is 20.4 Å². The Morgan fingerprint density at radius 2 is 1.84 bits per heavy atom. The van der Waals surface area contributed by atoms with Crippen molar-refractivity contribution in [2.45, 2.75) is 82.8 Å². The summed E-state index contributed by atoms with van der Waals surface area (Å²) in [5.41, 5.74) is 0.784. The molecule has 1 aromatic rings. The molecule has 3 aliphatic rings. The van der Waals surface area contributed by atoms with E-state index in [1.165, 1.54) is 18.6 Å². The number of ether oxygens (including phenoxy) is 1. The van der Waals surface area contributed by atoms with Gasteiger partial charge in [-0.05, 0) is 82.2 Å². The molecule has 2 heterocycles. The van der Waals surface area contributed by atoms with Gasteiger partial charge in [0.05, 0.1) is 6.04 Å². The van der Waals surface area contributed by atoms with E-state index in [-0.39, 0.29) is 35.6 Å². The summed E-state index contributed by atoms with van der Waals surface area (Å²) in [5.74, 6) is 0.297. The maximum atomic E-state index is 14.0. The number of amides is 2. The predicted octanol–water partition coefficient (Wildman–Crippen LogP) is 3.72. The van der Waals surface area contributed by atoms with E-state index in [1.54, 1.807) is 20.0 Å². The van der Waals surface area contributed by atoms with Crippen molar-refractivity contribution in [1.29, 1.82) is 0 Å². The molecule has 2 saturated heterocycles. The average Bonchev–Trinajstić information content (AvgIpc) is 3.32. The molecule has 0 aromatic heterocycles. The van der Waals surface area contributed by atoms with Crippen LogP contribution in [0.3, 0.4) is 0 Å². The number of carbonyl (C=O) groups is 2. The summed E-state index contributed by atoms with van der Waals surface area (Å²) < 4.78 is 41.8. The summed E-state index contributed by atoms with van der Waals surface area (Å²) in [7, 11) is 1.74. The first-order valence-electron chi connectivity index (χ1n) is 14.0. The first-order valence-corrected chi connectivity index (χ1v) is 14.0. The Hall–Kier alpha value is -2.33. The highest BCUT2D eigenvalue weighted by Gasteiger charge is 2.44. The van der Waals surface area contributed by atoms with Crippen molar-refractivity contribution >= 4 is 11.8 Å². The molecule has 0 spiro atoms. The molecule has 10 heteroatoms. The highest BCUT2D eigenvalue weighted by molar-refractivity contribution is 5.90. The Morgan fingerprint density at radius 3 is 2.55 bits per heavy atom. The van der Waals surface area contributed by atoms with Crippen molar-refractivity contribution in [2.75, 3.05) is 33.2 Å². The molecule has 1 saturated carbocycles. The number of nitrogens with one attached hydrogen (secondary N) is 2. The molecule has 2 amide bonds. The molecule has 2 aliphatic heterocycles. The van der Waals surface area contributed by atoms with Gasteiger partial charge < -0.3 is 25.2 Å². The average molecular weight is 539 g/mol. The number of hydrogen-bond donors (Lipinski definition) is 2. The third-order valence-electron chi connectivity index (χ3n) is 8.59. The summed E-state index contributed by atoms with van der Waals surface area (Å²) >= 11 is 0. The van der Waals surface area contributed by atoms with E-state index < -0.39 is 12.4 Å². The fraction of sp³-hybridized carbons (Fsp3) is 0.714. The highest BCUT2D eigenvalue weighted by atomic mass is 19.4. The van der Waals surface area contributed by atoms with E-state index in [0.717, 1.165) is 57.2 Å². The monoisotopic (exact) mass is 538 g/mol. The van der Waals surface area contributed by atoms with Gasteiger partial charge in [0, 0.05) is 25.7 Å². The zero-order chi connectivity index (χ0) is 27.3. The lowest BCUT2D eigenvalue weighted by Crippen LogP contribution is -2.58. The van der Waals surface area contributed by atoms with Crippen LogP contribution >= 0.6 is 0 Å². The zero-order valence-corrected chi connectivity index (χ0v) is 22.4. The smallest absolute Gasteiger partial charge is 0.406 e. The number of likely N-dealkylation sites (tertiary alicyclic amines) is 2. The molecule has 3 fully saturated rings. The number of nitrogens with zero attached hydrogens (tertiary/aromatic N) is 2. The number of likely N-dealkylation sites (N-methyl/N-ethyl adjacent to an activating group) is 1. The van der Waals surface area contributed by atoms with Gasteiger partial charge in [-0.3, -0.25) is 9.59 Å². The fourth-order valence-electron chi connectivity index (χ4n) is 6.30. The van der Waals surface area contributed by atoms with E-state index in [4.69, 9.17) is 0 Å². The first-order chi connectivity index (χ1) is 18.1. The lowest BCUT2D eigenvalue weighted by molar-refractivity contribution is -0.274. The van der Waals surface area contributed by atoms with Gasteiger partial charge in [-0.15, -0.1) is 13.2 Å². The molecule has 7 nitrogen and oxygen atoms in total. The third-order valence-corrected chi connectivity index (χ3v) is 8.59. The quantitative estimate of drug-likeness (QED) is 0.502. The van der Waals surface area contributed by atoms with Gasteiger partial charge in [-0.1, -0.05) is 31.4 Å². The molecule has 1 aromatic carbocycles. The summed E-state index contributed by atoms with van der Waals surface area (Å²) in [4.78, 5) is 31.0. The van der Waals surface area contributed by atoms with E-state index in [1.807, 2.05) is 11.0 Å². The second-order valence-corrected chi connectivity index (χ2v) is 11.1. The SMILES string of the molecule is CNC(C)C(=O)N[C@H](C(=O)N1CC[C@H]2CCN(CCc3cccc(OC(F)(F)F)c3)C[C@H]21)C1CCCCC1. The fourth-order valence-corrected chi connectivity index (χ4v) is 6.30. The number of benzene rings is 1. The van der Waals surface area contributed by atoms with Crippen LogP contribution in [-0.2, 0) is 16.0 Å². The van der Waals surface area contributed by atoms with E-state index >= 15 is 0 Å². The Balaban J connectivity index is 1.39. The van der Waals surface area contributed by atoms with Gasteiger partial charge in [-0.2, -0.15) is 0 Å². The molecular weight excluding hydrogens is 497 g/mol. The molecule has 1 unspecified atom stereocenters. The number of fused-ring (bicyclic) bond motifs is 1. The zero-order valence-electron chi connectivity index (χ0n) is 22.4. The van der Waals surface area contributed by atoms with Crippen LogP contribution < -0.4 is 15.4 Å². The maximum Gasteiger partial charge on any atom is 0.573 e. The van der Waals surface area contributed by atoms with E-state index in [2.05, 4.69) is 20.3 Å². The van der Waals surface area contributed by atoms with Crippen LogP contribution in [0.5, 0.6) is 5.75 Å². The molecule has 212 valence electrons. The Kier molecular flexibility index (Phi) is 9.57. The van der Waals surface area contributed by atoms with Crippen LogP contribution in [0.25, 0.3) is 0 Å². The minimum Gasteiger partial charge on any atom is -0.406 e. The van der Waals surface area contributed by atoms with E-state index in [0.29, 0.717) is 25.4 Å². The van der Waals surface area contributed by atoms with Gasteiger partial charge >= 0.3 is 6.36 Å². The van der Waals surface area contributed by atoms with Crippen LogP contribution in [0, 0.1) is 11.8 Å². The van der Waals surface area contributed by atoms with Crippen molar-refractivity contribution in [3.8, 4) is 5.75 Å². The molecule has 0 radical (unpaired) electrons. The lowest BCUT2D eigenvalue weighted by Gasteiger charge is -2.41. The summed E-state index contributed by atoms with van der Waals surface area (Å²) in [6, 6.07) is 5.37. The number of hydrogen-bond acceptors (Lipinski definition) is 5. The lowest BCUT2D eigenvalue weighted by atomic mass is 9.83. The van der Waals surface area contributed by atoms with Gasteiger partial charge in [0.25, 0.3) is 0 Å². The van der Waals surface area contributed by atoms with Gasteiger partial charge in [0.15, 0.2) is 0 Å². The molecular formula is C28H41F3N4O3. The third kappa shape index (κ3) is 7.40. The number of piperidine rings is 1. The van der Waals surface area contributed by atoms with Gasteiger partial charge in [0.1, 0.15) is 11.8 Å². The molecule has 4 rings (SSSR count). The predicted molar refractivity (Wildman–Crippen MR) is 139 cm³/mol. The van der Waals surface area contributed by atoms with E-state index in [9.17, 15) is 22.8 Å². The Morgan fingerprint density at radius 1 is 1.11 bits per heavy atom. The second kappa shape index (κ2) is 12.7. The summed E-state index contributed by atoms with van der Waals surface area (Å²) in [6.07, 6.45) is 3.10. The summed E-state index contributed by atoms with van der Waals surface area (Å²) in [5, 5.41) is 6.06. The number of halogens is 3. The second-order valence-electron chi connectivity index (χ2n) is 11.1. The van der Waals surface area contributed by atoms with Crippen LogP contribution in [-0.4, -0.2) is 79.3 Å². The van der Waals surface area contributed by atoms with Crippen LogP contribution in [0.15, 0.2) is 24.3 Å². The topological polar surface area (TPSA) is 73.9 Å². The molecule has 0 bridgehead atoms. The van der Waals surface area contributed by atoms with Crippen molar-refractivity contribution in [3.05, 3.63) is 29.8 Å². The van der Waals surface area contributed by atoms with Gasteiger partial charge in [-0.25, -0.2) is 0 Å². The summed E-state index contributed by atoms with van der Waals surface area (Å²) in [6.45, 7) is 4.86. The Bertz CT molecular complexity index is 954. The standard InChI is InChI=1S/C28H41F3N4O3/c1-19(32-2)26(36)33-25(22-8-4-3-5-9-22)27(37)35-16-13-21-12-15-34(18-24(21)35)14-11-20-7-6-10-23(17-20)38-28(29,30)31/h6-7,10,17,19,21-22,24-25,32H,3-5,8-9,11-16,18H2,1-2H3,(H,33,36)/t19?,21-,24-,25+/m1/s1. The van der Waals surface area contributed by atoms with Gasteiger partial charge in [0.2, 0.25) is 11.8 Å². The Labute approximate surface area is 223 Å². The normalized spacial score (nSPS) is 24.5. The largest absolute Gasteiger partial charge is 0.573 e. The highest BCUT2D eigenvalue weighted by Crippen LogP contribution is 2.34. The van der Waals surface area contributed by atoms with Crippen molar-refractivity contribution in [3.63, 3.8) is 0 Å². The number of rotatable bonds is 9. The molecule has 4 atom stereocenters. The van der Waals surface area contributed by atoms with Crippen molar-refractivity contribution in [2.24, 2.45) is 11.8 Å². The minimum atomic E-state index is -4.71. The number of carbonyl (C=O) groups excluding carboxylic acids is 2.